The van der Waals surface area contributed by atoms with Gasteiger partial charge in [0, 0.05) is 6.92 Å². The SMILES string of the molecule is CCc1ccc(Cl)c(NC(C)=O)c1Cl. The van der Waals surface area contributed by atoms with Crippen molar-refractivity contribution in [2.75, 3.05) is 5.32 Å². The van der Waals surface area contributed by atoms with E-state index in [0.29, 0.717) is 15.7 Å². The fourth-order valence-electron chi connectivity index (χ4n) is 1.16. The summed E-state index contributed by atoms with van der Waals surface area (Å²) in [6, 6.07) is 3.59. The molecule has 0 heterocycles. The van der Waals surface area contributed by atoms with Crippen molar-refractivity contribution in [1.82, 2.24) is 0 Å². The number of benzene rings is 1. The number of nitrogens with one attached hydrogen (secondary N) is 1. The van der Waals surface area contributed by atoms with E-state index in [9.17, 15) is 4.79 Å². The van der Waals surface area contributed by atoms with Crippen LogP contribution in [0.4, 0.5) is 5.69 Å². The van der Waals surface area contributed by atoms with E-state index in [0.717, 1.165) is 12.0 Å². The molecule has 0 saturated carbocycles. The highest BCUT2D eigenvalue weighted by molar-refractivity contribution is 6.40. The summed E-state index contributed by atoms with van der Waals surface area (Å²) in [5.41, 5.74) is 1.47. The highest BCUT2D eigenvalue weighted by Gasteiger charge is 2.10. The van der Waals surface area contributed by atoms with Crippen LogP contribution < -0.4 is 5.32 Å². The Kier molecular flexibility index (Phi) is 3.78. The molecule has 2 nitrogen and oxygen atoms in total. The van der Waals surface area contributed by atoms with Crippen LogP contribution in [0.2, 0.25) is 10.0 Å². The van der Waals surface area contributed by atoms with Crippen LogP contribution in [0.5, 0.6) is 0 Å². The maximum atomic E-state index is 10.9. The summed E-state index contributed by atoms with van der Waals surface area (Å²) in [6.45, 7) is 3.41. The molecule has 1 aromatic carbocycles. The average Bonchev–Trinajstić information content (AvgIpc) is 2.12. The first-order valence-corrected chi connectivity index (χ1v) is 5.06. The van der Waals surface area contributed by atoms with E-state index in [2.05, 4.69) is 5.32 Å². The number of anilines is 1. The Bertz CT molecular complexity index is 363. The molecule has 1 N–H and O–H groups in total. The summed E-state index contributed by atoms with van der Waals surface area (Å²) >= 11 is 12.0. The van der Waals surface area contributed by atoms with E-state index in [1.807, 2.05) is 13.0 Å². The number of hydrogen-bond donors (Lipinski definition) is 1. The summed E-state index contributed by atoms with van der Waals surface area (Å²) in [4.78, 5) is 10.9. The van der Waals surface area contributed by atoms with Crippen LogP contribution in [-0.4, -0.2) is 5.91 Å². The lowest BCUT2D eigenvalue weighted by Crippen LogP contribution is -2.07. The Hall–Kier alpha value is -0.730. The summed E-state index contributed by atoms with van der Waals surface area (Å²) in [5, 5.41) is 3.60. The quantitative estimate of drug-likeness (QED) is 0.830. The maximum Gasteiger partial charge on any atom is 0.221 e. The highest BCUT2D eigenvalue weighted by Crippen LogP contribution is 2.33. The van der Waals surface area contributed by atoms with Gasteiger partial charge in [0.1, 0.15) is 0 Å². The van der Waals surface area contributed by atoms with Crippen molar-refractivity contribution < 1.29 is 4.79 Å². The second kappa shape index (κ2) is 4.67. The molecule has 1 rings (SSSR count). The molecule has 0 fully saturated rings. The lowest BCUT2D eigenvalue weighted by molar-refractivity contribution is -0.114. The number of hydrogen-bond acceptors (Lipinski definition) is 1. The van der Waals surface area contributed by atoms with Crippen LogP contribution in [0.3, 0.4) is 0 Å². The van der Waals surface area contributed by atoms with Gasteiger partial charge in [0.2, 0.25) is 5.91 Å². The average molecular weight is 232 g/mol. The molecule has 76 valence electrons. The van der Waals surface area contributed by atoms with Gasteiger partial charge in [0.15, 0.2) is 0 Å². The highest BCUT2D eigenvalue weighted by atomic mass is 35.5. The van der Waals surface area contributed by atoms with E-state index >= 15 is 0 Å². The van der Waals surface area contributed by atoms with Gasteiger partial charge < -0.3 is 5.32 Å². The third-order valence-corrected chi connectivity index (χ3v) is 2.60. The Labute approximate surface area is 93.2 Å². The fraction of sp³-hybridized carbons (Fsp3) is 0.300. The first-order valence-electron chi connectivity index (χ1n) is 4.30. The number of carbonyl (C=O) groups excluding carboxylic acids is 1. The number of halogens is 2. The van der Waals surface area contributed by atoms with Crippen molar-refractivity contribution in [3.05, 3.63) is 27.7 Å². The van der Waals surface area contributed by atoms with Crippen molar-refractivity contribution in [3.63, 3.8) is 0 Å². The molecular formula is C10H11Cl2NO. The monoisotopic (exact) mass is 231 g/mol. The topological polar surface area (TPSA) is 29.1 Å². The molecule has 14 heavy (non-hydrogen) atoms. The molecule has 0 aromatic heterocycles. The first-order chi connectivity index (χ1) is 6.56. The van der Waals surface area contributed by atoms with Gasteiger partial charge in [0.25, 0.3) is 0 Å². The van der Waals surface area contributed by atoms with Crippen LogP contribution >= 0.6 is 23.2 Å². The molecule has 0 atom stereocenters. The van der Waals surface area contributed by atoms with Crippen molar-refractivity contribution >= 4 is 34.8 Å². The maximum absolute atomic E-state index is 10.9. The molecule has 0 bridgehead atoms. The second-order valence-corrected chi connectivity index (χ2v) is 3.72. The van der Waals surface area contributed by atoms with Gasteiger partial charge in [0.05, 0.1) is 15.7 Å². The van der Waals surface area contributed by atoms with Crippen molar-refractivity contribution in [2.24, 2.45) is 0 Å². The smallest absolute Gasteiger partial charge is 0.221 e. The minimum Gasteiger partial charge on any atom is -0.324 e. The second-order valence-electron chi connectivity index (χ2n) is 2.93. The summed E-state index contributed by atoms with van der Waals surface area (Å²) < 4.78 is 0. The summed E-state index contributed by atoms with van der Waals surface area (Å²) in [7, 11) is 0. The zero-order chi connectivity index (χ0) is 10.7. The molecule has 1 aromatic rings. The standard InChI is InChI=1S/C10H11Cl2NO/c1-3-7-4-5-8(11)10(9(7)12)13-6(2)14/h4-5H,3H2,1-2H3,(H,13,14). The summed E-state index contributed by atoms with van der Waals surface area (Å²) in [5.74, 6) is -0.179. The molecule has 0 radical (unpaired) electrons. The van der Waals surface area contributed by atoms with E-state index in [-0.39, 0.29) is 5.91 Å². The molecule has 0 saturated heterocycles. The van der Waals surface area contributed by atoms with E-state index in [1.54, 1.807) is 6.07 Å². The van der Waals surface area contributed by atoms with Crippen LogP contribution in [0, 0.1) is 0 Å². The number of carbonyl (C=O) groups is 1. The number of rotatable bonds is 2. The fourth-order valence-corrected chi connectivity index (χ4v) is 1.76. The minimum atomic E-state index is -0.179. The molecule has 0 aliphatic rings. The molecular weight excluding hydrogens is 221 g/mol. The molecule has 4 heteroatoms. The number of aryl methyl sites for hydroxylation is 1. The van der Waals surface area contributed by atoms with Crippen LogP contribution in [0.15, 0.2) is 12.1 Å². The third-order valence-electron chi connectivity index (χ3n) is 1.85. The Morgan fingerprint density at radius 1 is 1.43 bits per heavy atom. The van der Waals surface area contributed by atoms with E-state index in [4.69, 9.17) is 23.2 Å². The molecule has 0 spiro atoms. The van der Waals surface area contributed by atoms with Crippen LogP contribution in [0.25, 0.3) is 0 Å². The van der Waals surface area contributed by atoms with Gasteiger partial charge in [-0.2, -0.15) is 0 Å². The van der Waals surface area contributed by atoms with Gasteiger partial charge >= 0.3 is 0 Å². The van der Waals surface area contributed by atoms with Crippen molar-refractivity contribution in [3.8, 4) is 0 Å². The molecule has 0 unspecified atom stereocenters. The van der Waals surface area contributed by atoms with Gasteiger partial charge in [-0.1, -0.05) is 36.2 Å². The molecule has 1 amide bonds. The molecule has 0 aliphatic carbocycles. The lowest BCUT2D eigenvalue weighted by Gasteiger charge is -2.10. The lowest BCUT2D eigenvalue weighted by atomic mass is 10.1. The van der Waals surface area contributed by atoms with Gasteiger partial charge in [-0.15, -0.1) is 0 Å². The van der Waals surface area contributed by atoms with Crippen molar-refractivity contribution in [1.29, 1.82) is 0 Å². The van der Waals surface area contributed by atoms with Gasteiger partial charge in [-0.3, -0.25) is 4.79 Å². The predicted octanol–water partition coefficient (Wildman–Crippen LogP) is 3.51. The summed E-state index contributed by atoms with van der Waals surface area (Å²) in [6.07, 6.45) is 0.808. The Morgan fingerprint density at radius 2 is 2.07 bits per heavy atom. The predicted molar refractivity (Wildman–Crippen MR) is 60.1 cm³/mol. The van der Waals surface area contributed by atoms with E-state index < -0.39 is 0 Å². The Balaban J connectivity index is 3.18. The zero-order valence-electron chi connectivity index (χ0n) is 8.03. The first kappa shape index (κ1) is 11.3. The van der Waals surface area contributed by atoms with E-state index in [1.165, 1.54) is 6.92 Å². The minimum absolute atomic E-state index is 0.179. The third kappa shape index (κ3) is 2.40. The zero-order valence-corrected chi connectivity index (χ0v) is 9.54. The largest absolute Gasteiger partial charge is 0.324 e. The van der Waals surface area contributed by atoms with Crippen LogP contribution in [-0.2, 0) is 11.2 Å². The van der Waals surface area contributed by atoms with Gasteiger partial charge in [-0.25, -0.2) is 0 Å². The van der Waals surface area contributed by atoms with Crippen LogP contribution in [0.1, 0.15) is 19.4 Å². The number of amides is 1. The Morgan fingerprint density at radius 3 is 2.57 bits per heavy atom. The molecule has 0 aliphatic heterocycles. The van der Waals surface area contributed by atoms with Crippen molar-refractivity contribution in [2.45, 2.75) is 20.3 Å². The van der Waals surface area contributed by atoms with Gasteiger partial charge in [-0.05, 0) is 18.1 Å². The normalized spacial score (nSPS) is 10.0.